The average molecular weight is 267 g/mol. The van der Waals surface area contributed by atoms with Crippen LogP contribution in [0.3, 0.4) is 0 Å². The van der Waals surface area contributed by atoms with Gasteiger partial charge in [0.25, 0.3) is 0 Å². The predicted octanol–water partition coefficient (Wildman–Crippen LogP) is 1.30. The maximum Gasteiger partial charge on any atom is 0.344 e. The van der Waals surface area contributed by atoms with Crippen molar-refractivity contribution in [1.29, 1.82) is 0 Å². The SMILES string of the molecule is Cn1cc(NC(=C(C(=O)O)C(=O)O)C(C)(C)C)cn1. The Morgan fingerprint density at radius 1 is 1.26 bits per heavy atom. The smallest absolute Gasteiger partial charge is 0.344 e. The van der Waals surface area contributed by atoms with Crippen LogP contribution < -0.4 is 5.32 Å². The molecule has 0 aliphatic heterocycles. The van der Waals surface area contributed by atoms with E-state index in [1.54, 1.807) is 34.0 Å². The highest BCUT2D eigenvalue weighted by molar-refractivity contribution is 6.13. The van der Waals surface area contributed by atoms with Gasteiger partial charge < -0.3 is 15.5 Å². The second-order valence-electron chi connectivity index (χ2n) is 5.14. The molecule has 1 rings (SSSR count). The number of carboxylic acid groups (broad SMARTS) is 2. The summed E-state index contributed by atoms with van der Waals surface area (Å²) in [4.78, 5) is 22.2. The van der Waals surface area contributed by atoms with Gasteiger partial charge in [0.1, 0.15) is 0 Å². The Morgan fingerprint density at radius 2 is 1.79 bits per heavy atom. The highest BCUT2D eigenvalue weighted by Gasteiger charge is 2.30. The molecule has 0 saturated heterocycles. The van der Waals surface area contributed by atoms with E-state index in [4.69, 9.17) is 10.2 Å². The first-order valence-corrected chi connectivity index (χ1v) is 5.60. The fraction of sp³-hybridized carbons (Fsp3) is 0.417. The van der Waals surface area contributed by atoms with Gasteiger partial charge in [0.05, 0.1) is 11.9 Å². The summed E-state index contributed by atoms with van der Waals surface area (Å²) < 4.78 is 1.53. The Hall–Kier alpha value is -2.31. The molecule has 104 valence electrons. The van der Waals surface area contributed by atoms with Gasteiger partial charge in [0.2, 0.25) is 0 Å². The van der Waals surface area contributed by atoms with E-state index in [0.717, 1.165) is 0 Å². The monoisotopic (exact) mass is 267 g/mol. The number of aromatic nitrogens is 2. The van der Waals surface area contributed by atoms with Crippen LogP contribution in [0.15, 0.2) is 23.7 Å². The molecule has 0 bridgehead atoms. The van der Waals surface area contributed by atoms with Gasteiger partial charge in [0, 0.05) is 24.4 Å². The van der Waals surface area contributed by atoms with Crippen molar-refractivity contribution in [3.05, 3.63) is 23.7 Å². The second kappa shape index (κ2) is 5.13. The number of carbonyl (C=O) groups is 2. The van der Waals surface area contributed by atoms with E-state index in [1.807, 2.05) is 0 Å². The predicted molar refractivity (Wildman–Crippen MR) is 68.6 cm³/mol. The number of rotatable bonds is 4. The summed E-state index contributed by atoms with van der Waals surface area (Å²) in [6.07, 6.45) is 3.13. The zero-order valence-corrected chi connectivity index (χ0v) is 11.3. The third-order valence-electron chi connectivity index (χ3n) is 2.40. The third kappa shape index (κ3) is 3.57. The average Bonchev–Trinajstić information content (AvgIpc) is 2.60. The van der Waals surface area contributed by atoms with Crippen molar-refractivity contribution in [2.45, 2.75) is 20.8 Å². The van der Waals surface area contributed by atoms with Crippen molar-refractivity contribution in [2.24, 2.45) is 12.5 Å². The normalized spacial score (nSPS) is 10.9. The lowest BCUT2D eigenvalue weighted by Crippen LogP contribution is -2.26. The lowest BCUT2D eigenvalue weighted by molar-refractivity contribution is -0.140. The Morgan fingerprint density at radius 3 is 2.11 bits per heavy atom. The van der Waals surface area contributed by atoms with Crippen molar-refractivity contribution in [3.63, 3.8) is 0 Å². The minimum Gasteiger partial charge on any atom is -0.477 e. The Labute approximate surface area is 110 Å². The van der Waals surface area contributed by atoms with Crippen LogP contribution in [-0.4, -0.2) is 31.9 Å². The van der Waals surface area contributed by atoms with Gasteiger partial charge in [-0.3, -0.25) is 4.68 Å². The molecule has 0 aromatic carbocycles. The van der Waals surface area contributed by atoms with Crippen molar-refractivity contribution >= 4 is 17.6 Å². The summed E-state index contributed by atoms with van der Waals surface area (Å²) >= 11 is 0. The van der Waals surface area contributed by atoms with E-state index in [-0.39, 0.29) is 5.70 Å². The van der Waals surface area contributed by atoms with Gasteiger partial charge in [-0.25, -0.2) is 9.59 Å². The first kappa shape index (κ1) is 14.7. The van der Waals surface area contributed by atoms with Gasteiger partial charge in [-0.2, -0.15) is 5.10 Å². The number of carboxylic acids is 2. The number of aryl methyl sites for hydroxylation is 1. The Balaban J connectivity index is 3.33. The summed E-state index contributed by atoms with van der Waals surface area (Å²) in [7, 11) is 1.71. The molecule has 0 fully saturated rings. The van der Waals surface area contributed by atoms with Crippen molar-refractivity contribution in [3.8, 4) is 0 Å². The quantitative estimate of drug-likeness (QED) is 0.431. The lowest BCUT2D eigenvalue weighted by Gasteiger charge is -2.25. The molecule has 1 aromatic heterocycles. The molecule has 7 heteroatoms. The van der Waals surface area contributed by atoms with Crippen molar-refractivity contribution in [2.75, 3.05) is 5.32 Å². The van der Waals surface area contributed by atoms with E-state index in [2.05, 4.69) is 10.4 Å². The van der Waals surface area contributed by atoms with E-state index < -0.39 is 22.9 Å². The van der Waals surface area contributed by atoms with Gasteiger partial charge in [-0.05, 0) is 0 Å². The van der Waals surface area contributed by atoms with Crippen molar-refractivity contribution < 1.29 is 19.8 Å². The third-order valence-corrected chi connectivity index (χ3v) is 2.40. The number of nitrogens with zero attached hydrogens (tertiary/aromatic N) is 2. The standard InChI is InChI=1S/C12H17N3O4/c1-12(2,3)9(8(10(16)17)11(18)19)14-7-5-13-15(4)6-7/h5-6,14H,1-4H3,(H,16,17)(H,18,19). The zero-order valence-electron chi connectivity index (χ0n) is 11.3. The molecule has 0 aliphatic carbocycles. The fourth-order valence-corrected chi connectivity index (χ4v) is 1.56. The zero-order chi connectivity index (χ0) is 14.8. The highest BCUT2D eigenvalue weighted by Crippen LogP contribution is 2.29. The van der Waals surface area contributed by atoms with Gasteiger partial charge in [-0.1, -0.05) is 20.8 Å². The van der Waals surface area contributed by atoms with E-state index >= 15 is 0 Å². The summed E-state index contributed by atoms with van der Waals surface area (Å²) in [5.74, 6) is -2.96. The number of anilines is 1. The maximum atomic E-state index is 11.1. The molecule has 1 heterocycles. The number of hydrogen-bond donors (Lipinski definition) is 3. The molecule has 0 spiro atoms. The van der Waals surface area contributed by atoms with Crippen LogP contribution in [0.4, 0.5) is 5.69 Å². The van der Waals surface area contributed by atoms with E-state index in [1.165, 1.54) is 10.9 Å². The molecular weight excluding hydrogens is 250 g/mol. The molecule has 0 amide bonds. The first-order valence-electron chi connectivity index (χ1n) is 5.60. The van der Waals surface area contributed by atoms with Gasteiger partial charge in [-0.15, -0.1) is 0 Å². The van der Waals surface area contributed by atoms with Crippen LogP contribution in [0, 0.1) is 5.41 Å². The van der Waals surface area contributed by atoms with Gasteiger partial charge in [0.15, 0.2) is 5.57 Å². The van der Waals surface area contributed by atoms with Crippen LogP contribution in [0.5, 0.6) is 0 Å². The molecule has 0 unspecified atom stereocenters. The summed E-state index contributed by atoms with van der Waals surface area (Å²) in [6, 6.07) is 0. The van der Waals surface area contributed by atoms with Crippen LogP contribution in [0.25, 0.3) is 0 Å². The molecule has 3 N–H and O–H groups in total. The molecule has 1 aromatic rings. The second-order valence-corrected chi connectivity index (χ2v) is 5.14. The minimum atomic E-state index is -1.48. The summed E-state index contributed by atoms with van der Waals surface area (Å²) in [6.45, 7) is 5.20. The topological polar surface area (TPSA) is 104 Å². The molecule has 7 nitrogen and oxygen atoms in total. The van der Waals surface area contributed by atoms with Crippen molar-refractivity contribution in [1.82, 2.24) is 9.78 Å². The molecule has 0 aliphatic rings. The van der Waals surface area contributed by atoms with E-state index in [0.29, 0.717) is 5.69 Å². The number of hydrogen-bond acceptors (Lipinski definition) is 4. The largest absolute Gasteiger partial charge is 0.477 e. The van der Waals surface area contributed by atoms with Gasteiger partial charge >= 0.3 is 11.9 Å². The molecule has 0 saturated carbocycles. The molecule has 0 atom stereocenters. The molecule has 19 heavy (non-hydrogen) atoms. The highest BCUT2D eigenvalue weighted by atomic mass is 16.4. The Bertz CT molecular complexity index is 521. The minimum absolute atomic E-state index is 0.125. The lowest BCUT2D eigenvalue weighted by atomic mass is 9.88. The number of nitrogens with one attached hydrogen (secondary N) is 1. The molecule has 0 radical (unpaired) electrons. The van der Waals surface area contributed by atoms with Crippen LogP contribution in [-0.2, 0) is 16.6 Å². The first-order chi connectivity index (χ1) is 8.62. The Kier molecular flexibility index (Phi) is 3.98. The summed E-state index contributed by atoms with van der Waals surface area (Å²) in [5, 5.41) is 24.9. The fourth-order valence-electron chi connectivity index (χ4n) is 1.56. The van der Waals surface area contributed by atoms with Crippen LogP contribution in [0.2, 0.25) is 0 Å². The van der Waals surface area contributed by atoms with E-state index in [9.17, 15) is 9.59 Å². The number of allylic oxidation sites excluding steroid dienone is 1. The van der Waals surface area contributed by atoms with Crippen LogP contribution >= 0.6 is 0 Å². The maximum absolute atomic E-state index is 11.1. The summed E-state index contributed by atoms with van der Waals surface area (Å²) in [5.41, 5.74) is -0.675. The number of aliphatic carboxylic acids is 2. The van der Waals surface area contributed by atoms with Crippen LogP contribution in [0.1, 0.15) is 20.8 Å². The molecular formula is C12H17N3O4.